The topological polar surface area (TPSA) is 110 Å². The number of carbonyl (C=O) groups excluding carboxylic acids is 1. The zero-order chi connectivity index (χ0) is 18.1. The van der Waals surface area contributed by atoms with Gasteiger partial charge in [-0.05, 0) is 19.1 Å². The Morgan fingerprint density at radius 3 is 2.44 bits per heavy atom. The number of hydrogen-bond donors (Lipinski definition) is 0. The van der Waals surface area contributed by atoms with Crippen LogP contribution in [-0.4, -0.2) is 53.0 Å². The van der Waals surface area contributed by atoms with Crippen molar-refractivity contribution in [1.29, 1.82) is 0 Å². The van der Waals surface area contributed by atoms with Crippen LogP contribution in [-0.2, 0) is 19.8 Å². The lowest BCUT2D eigenvalue weighted by Gasteiger charge is -2.27. The van der Waals surface area contributed by atoms with Gasteiger partial charge in [-0.3, -0.25) is 4.79 Å². The molecule has 0 N–H and O–H groups in total. The first kappa shape index (κ1) is 17.6. The molecule has 2 aromatic rings. The third-order valence-corrected chi connectivity index (χ3v) is 8.23. The molecule has 0 aliphatic carbocycles. The van der Waals surface area contributed by atoms with Gasteiger partial charge < -0.3 is 9.32 Å². The lowest BCUT2D eigenvalue weighted by molar-refractivity contribution is 0.0765. The molecule has 10 heteroatoms. The molecule has 0 unspecified atom stereocenters. The van der Waals surface area contributed by atoms with Crippen molar-refractivity contribution in [3.05, 3.63) is 48.2 Å². The fraction of sp³-hybridized carbons (Fsp3) is 0.333. The van der Waals surface area contributed by atoms with E-state index < -0.39 is 19.8 Å². The average molecular weight is 383 g/mol. The minimum Gasteiger partial charge on any atom is -0.451 e. The normalized spacial score (nSPS) is 17.2. The molecule has 1 aromatic carbocycles. The van der Waals surface area contributed by atoms with Gasteiger partial charge >= 0.3 is 0 Å². The highest BCUT2D eigenvalue weighted by molar-refractivity contribution is 8.03. The van der Waals surface area contributed by atoms with Gasteiger partial charge in [-0.25, -0.2) is 9.19 Å². The summed E-state index contributed by atoms with van der Waals surface area (Å²) >= 11 is 0. The largest absolute Gasteiger partial charge is 0.451 e. The van der Waals surface area contributed by atoms with Crippen molar-refractivity contribution in [3.8, 4) is 0 Å². The number of benzene rings is 1. The van der Waals surface area contributed by atoms with Gasteiger partial charge in [-0.15, -0.1) is 3.77 Å². The number of oxazole rings is 1. The van der Waals surface area contributed by atoms with Gasteiger partial charge in [0.05, 0.1) is 26.1 Å². The second-order valence-electron chi connectivity index (χ2n) is 5.71. The predicted molar refractivity (Wildman–Crippen MR) is 91.1 cm³/mol. The molecule has 3 rings (SSSR count). The predicted octanol–water partition coefficient (Wildman–Crippen LogP) is 1.30. The monoisotopic (exact) mass is 383 g/mol. The Balaban J connectivity index is 1.77. The number of aromatic nitrogens is 1. The lowest BCUT2D eigenvalue weighted by atomic mass is 10.2. The van der Waals surface area contributed by atoms with Gasteiger partial charge in [0.1, 0.15) is 6.26 Å². The molecule has 1 fully saturated rings. The fourth-order valence-electron chi connectivity index (χ4n) is 2.41. The van der Waals surface area contributed by atoms with Gasteiger partial charge in [0, 0.05) is 13.1 Å². The highest BCUT2D eigenvalue weighted by Gasteiger charge is 2.28. The van der Waals surface area contributed by atoms with Crippen LogP contribution >= 0.6 is 0 Å². The summed E-state index contributed by atoms with van der Waals surface area (Å²) in [4.78, 5) is 17.4. The Hall–Kier alpha value is -2.20. The Kier molecular flexibility index (Phi) is 4.65. The summed E-state index contributed by atoms with van der Waals surface area (Å²) in [6.45, 7) is 2.14. The second kappa shape index (κ2) is 6.60. The van der Waals surface area contributed by atoms with E-state index in [2.05, 4.69) is 8.75 Å². The zero-order valence-electron chi connectivity index (χ0n) is 13.5. The Labute approximate surface area is 146 Å². The number of amides is 1. The van der Waals surface area contributed by atoms with Crippen LogP contribution in [0.4, 0.5) is 0 Å². The molecule has 0 radical (unpaired) electrons. The van der Waals surface area contributed by atoms with Crippen molar-refractivity contribution in [2.75, 3.05) is 24.6 Å². The van der Waals surface area contributed by atoms with Crippen LogP contribution in [0.5, 0.6) is 0 Å². The third kappa shape index (κ3) is 3.90. The summed E-state index contributed by atoms with van der Waals surface area (Å²) in [7, 11) is -6.94. The van der Waals surface area contributed by atoms with E-state index in [1.807, 2.05) is 6.92 Å². The second-order valence-corrected chi connectivity index (χ2v) is 10.1. The van der Waals surface area contributed by atoms with E-state index in [9.17, 15) is 17.4 Å². The Morgan fingerprint density at radius 1 is 1.24 bits per heavy atom. The number of aryl methyl sites for hydroxylation is 1. The first-order valence-corrected chi connectivity index (χ1v) is 10.8. The molecule has 1 aliphatic rings. The summed E-state index contributed by atoms with van der Waals surface area (Å²) in [6.07, 6.45) is 2.39. The van der Waals surface area contributed by atoms with E-state index in [4.69, 9.17) is 4.42 Å². The zero-order valence-corrected chi connectivity index (χ0v) is 15.1. The van der Waals surface area contributed by atoms with E-state index in [-0.39, 0.29) is 41.1 Å². The molecule has 0 saturated carbocycles. The van der Waals surface area contributed by atoms with Gasteiger partial charge in [0.25, 0.3) is 15.9 Å². The van der Waals surface area contributed by atoms with Gasteiger partial charge in [0.2, 0.25) is 0 Å². The summed E-state index contributed by atoms with van der Waals surface area (Å²) < 4.78 is 46.0. The highest BCUT2D eigenvalue weighted by Crippen LogP contribution is 2.18. The number of rotatable bonds is 3. The van der Waals surface area contributed by atoms with Crippen LogP contribution in [0.2, 0.25) is 0 Å². The Bertz CT molecular complexity index is 974. The molecular formula is C15H17N3O5S2. The maximum Gasteiger partial charge on any atom is 0.290 e. The lowest BCUT2D eigenvalue weighted by Crippen LogP contribution is -2.44. The smallest absolute Gasteiger partial charge is 0.290 e. The summed E-state index contributed by atoms with van der Waals surface area (Å²) in [5.74, 6) is -0.333. The van der Waals surface area contributed by atoms with Crippen molar-refractivity contribution in [2.24, 2.45) is 3.77 Å². The standard InChI is InChI=1S/C15H17N3O5S2/c1-12-2-4-13(5-3-12)25(21,22)17-24(20)8-6-18(7-9-24)15(19)14-10-23-11-16-14/h2-5,10-11H,6-9H2,1H3. The van der Waals surface area contributed by atoms with Gasteiger partial charge in [-0.1, -0.05) is 17.7 Å². The van der Waals surface area contributed by atoms with Crippen molar-refractivity contribution in [1.82, 2.24) is 9.88 Å². The number of sulfonamides is 1. The molecule has 1 amide bonds. The fourth-order valence-corrected chi connectivity index (χ4v) is 6.48. The number of nitrogens with zero attached hydrogens (tertiary/aromatic N) is 3. The van der Waals surface area contributed by atoms with Crippen LogP contribution < -0.4 is 0 Å². The molecule has 1 aliphatic heterocycles. The molecule has 134 valence electrons. The van der Waals surface area contributed by atoms with Gasteiger partial charge in [0.15, 0.2) is 12.1 Å². The van der Waals surface area contributed by atoms with Crippen LogP contribution in [0.15, 0.2) is 50.0 Å². The summed E-state index contributed by atoms with van der Waals surface area (Å²) in [5.41, 5.74) is 1.08. The maximum atomic E-state index is 12.8. The van der Waals surface area contributed by atoms with Crippen molar-refractivity contribution in [3.63, 3.8) is 0 Å². The highest BCUT2D eigenvalue weighted by atomic mass is 32.3. The quantitative estimate of drug-likeness (QED) is 0.790. The van der Waals surface area contributed by atoms with E-state index in [0.717, 1.165) is 12.0 Å². The molecule has 8 nitrogen and oxygen atoms in total. The van der Waals surface area contributed by atoms with Crippen LogP contribution in [0.25, 0.3) is 0 Å². The first-order valence-electron chi connectivity index (χ1n) is 7.52. The molecule has 0 bridgehead atoms. The Morgan fingerprint density at radius 2 is 1.88 bits per heavy atom. The molecule has 2 heterocycles. The van der Waals surface area contributed by atoms with E-state index in [1.165, 1.54) is 23.3 Å². The molecule has 0 spiro atoms. The van der Waals surface area contributed by atoms with Crippen LogP contribution in [0.1, 0.15) is 16.1 Å². The van der Waals surface area contributed by atoms with E-state index in [1.54, 1.807) is 12.1 Å². The molecule has 0 atom stereocenters. The summed E-state index contributed by atoms with van der Waals surface area (Å²) in [5, 5.41) is 0. The van der Waals surface area contributed by atoms with Gasteiger partial charge in [-0.2, -0.15) is 8.42 Å². The van der Waals surface area contributed by atoms with Crippen molar-refractivity contribution < 1.29 is 21.8 Å². The molecule has 25 heavy (non-hydrogen) atoms. The molecular weight excluding hydrogens is 366 g/mol. The average Bonchev–Trinajstić information content (AvgIpc) is 3.09. The molecule has 1 aromatic heterocycles. The first-order chi connectivity index (χ1) is 11.8. The van der Waals surface area contributed by atoms with Crippen LogP contribution in [0, 0.1) is 6.92 Å². The number of hydrogen-bond acceptors (Lipinski definition) is 6. The maximum absolute atomic E-state index is 12.8. The SMILES string of the molecule is Cc1ccc(S(=O)(=O)N=S2(=O)CCN(C(=O)c3cocn3)CC2)cc1. The number of carbonyl (C=O) groups is 1. The minimum absolute atomic E-state index is 0.00167. The van der Waals surface area contributed by atoms with Crippen LogP contribution in [0.3, 0.4) is 0 Å². The minimum atomic E-state index is -4.00. The van der Waals surface area contributed by atoms with Crippen molar-refractivity contribution >= 4 is 25.7 Å². The third-order valence-electron chi connectivity index (χ3n) is 3.85. The molecule has 1 saturated heterocycles. The van der Waals surface area contributed by atoms with Crippen molar-refractivity contribution in [2.45, 2.75) is 11.8 Å². The van der Waals surface area contributed by atoms with E-state index >= 15 is 0 Å². The van der Waals surface area contributed by atoms with E-state index in [0.29, 0.717) is 0 Å². The summed E-state index contributed by atoms with van der Waals surface area (Å²) in [6, 6.07) is 6.21.